The predicted octanol–water partition coefficient (Wildman–Crippen LogP) is 4.27. The highest BCUT2D eigenvalue weighted by atomic mass is 35.5. The van der Waals surface area contributed by atoms with Gasteiger partial charge in [0, 0.05) is 17.0 Å². The van der Waals surface area contributed by atoms with Gasteiger partial charge >= 0.3 is 0 Å². The Hall–Kier alpha value is -1.32. The van der Waals surface area contributed by atoms with Crippen LogP contribution in [0.4, 0.5) is 0 Å². The highest BCUT2D eigenvalue weighted by Gasteiger charge is 2.23. The molecule has 0 N–H and O–H groups in total. The lowest BCUT2D eigenvalue weighted by atomic mass is 10.0. The molecule has 2 aromatic rings. The van der Waals surface area contributed by atoms with Gasteiger partial charge in [0.1, 0.15) is 0 Å². The monoisotopic (exact) mass is 263 g/mol. The normalized spacial score (nSPS) is 18.9. The predicted molar refractivity (Wildman–Crippen MR) is 70.8 cm³/mol. The molecule has 4 heteroatoms. The van der Waals surface area contributed by atoms with Crippen LogP contribution in [0.3, 0.4) is 0 Å². The van der Waals surface area contributed by atoms with Gasteiger partial charge in [-0.25, -0.2) is 0 Å². The van der Waals surface area contributed by atoms with E-state index in [-0.39, 0.29) is 6.10 Å². The summed E-state index contributed by atoms with van der Waals surface area (Å²) in [5.74, 6) is 0. The van der Waals surface area contributed by atoms with Crippen LogP contribution in [0.15, 0.2) is 46.2 Å². The van der Waals surface area contributed by atoms with Gasteiger partial charge in [0.15, 0.2) is 6.10 Å². The summed E-state index contributed by atoms with van der Waals surface area (Å²) in [5, 5.41) is 9.05. The largest absolute Gasteiger partial charge is 0.387 e. The quantitative estimate of drug-likeness (QED) is 0.793. The minimum absolute atomic E-state index is 0.0620. The molecule has 0 spiro atoms. The van der Waals surface area contributed by atoms with Crippen molar-refractivity contribution in [2.24, 2.45) is 5.16 Å². The van der Waals surface area contributed by atoms with Gasteiger partial charge in [-0.2, -0.15) is 11.3 Å². The van der Waals surface area contributed by atoms with Crippen molar-refractivity contribution >= 4 is 28.6 Å². The zero-order valence-corrected chi connectivity index (χ0v) is 10.5. The second-order valence-electron chi connectivity index (χ2n) is 3.90. The van der Waals surface area contributed by atoms with E-state index in [1.165, 1.54) is 5.56 Å². The molecule has 17 heavy (non-hydrogen) atoms. The molecule has 1 aliphatic heterocycles. The molecule has 0 radical (unpaired) electrons. The lowest BCUT2D eigenvalue weighted by molar-refractivity contribution is 0.0860. The van der Waals surface area contributed by atoms with Gasteiger partial charge in [0.2, 0.25) is 0 Å². The fraction of sp³-hybridized carbons (Fsp3) is 0.154. The van der Waals surface area contributed by atoms with E-state index < -0.39 is 0 Å². The first kappa shape index (κ1) is 10.8. The van der Waals surface area contributed by atoms with E-state index in [2.05, 4.69) is 22.0 Å². The van der Waals surface area contributed by atoms with Gasteiger partial charge in [-0.1, -0.05) is 28.9 Å². The Bertz CT molecular complexity index is 533. The summed E-state index contributed by atoms with van der Waals surface area (Å²) in [7, 11) is 0. The Kier molecular flexibility index (Phi) is 2.87. The van der Waals surface area contributed by atoms with Crippen LogP contribution >= 0.6 is 22.9 Å². The van der Waals surface area contributed by atoms with Crippen molar-refractivity contribution in [2.45, 2.75) is 12.5 Å². The van der Waals surface area contributed by atoms with Crippen LogP contribution < -0.4 is 0 Å². The Morgan fingerprint density at radius 1 is 1.24 bits per heavy atom. The third kappa shape index (κ3) is 2.21. The fourth-order valence-electron chi connectivity index (χ4n) is 1.83. The zero-order valence-electron chi connectivity index (χ0n) is 8.97. The van der Waals surface area contributed by atoms with E-state index in [0.717, 1.165) is 22.7 Å². The molecule has 2 heterocycles. The van der Waals surface area contributed by atoms with Crippen LogP contribution in [0.1, 0.15) is 23.7 Å². The summed E-state index contributed by atoms with van der Waals surface area (Å²) in [6, 6.07) is 9.77. The highest BCUT2D eigenvalue weighted by molar-refractivity contribution is 7.07. The SMILES string of the molecule is Clc1ccc(C2=NOC(c3ccsc3)C2)cc1. The van der Waals surface area contributed by atoms with Crippen molar-refractivity contribution in [3.8, 4) is 0 Å². The van der Waals surface area contributed by atoms with Crippen LogP contribution in [-0.4, -0.2) is 5.71 Å². The fourth-order valence-corrected chi connectivity index (χ4v) is 2.65. The molecule has 0 aliphatic carbocycles. The first-order valence-electron chi connectivity index (χ1n) is 5.33. The smallest absolute Gasteiger partial charge is 0.159 e. The number of oxime groups is 1. The summed E-state index contributed by atoms with van der Waals surface area (Å²) in [4.78, 5) is 5.46. The Labute approximate surface area is 108 Å². The van der Waals surface area contributed by atoms with E-state index in [0.29, 0.717) is 0 Å². The number of benzene rings is 1. The molecule has 1 aromatic carbocycles. The van der Waals surface area contributed by atoms with E-state index >= 15 is 0 Å². The molecule has 1 unspecified atom stereocenters. The average Bonchev–Trinajstić information content (AvgIpc) is 3.00. The van der Waals surface area contributed by atoms with Crippen molar-refractivity contribution < 1.29 is 4.84 Å². The molecule has 86 valence electrons. The first-order chi connectivity index (χ1) is 8.33. The highest BCUT2D eigenvalue weighted by Crippen LogP contribution is 2.30. The van der Waals surface area contributed by atoms with Crippen molar-refractivity contribution in [1.82, 2.24) is 0 Å². The van der Waals surface area contributed by atoms with Crippen LogP contribution in [0.25, 0.3) is 0 Å². The third-order valence-corrected chi connectivity index (χ3v) is 3.71. The second kappa shape index (κ2) is 4.51. The number of rotatable bonds is 2. The van der Waals surface area contributed by atoms with Gasteiger partial charge in [0.25, 0.3) is 0 Å². The van der Waals surface area contributed by atoms with E-state index in [1.807, 2.05) is 24.3 Å². The minimum atomic E-state index is 0.0620. The molecular formula is C13H10ClNOS. The number of halogens is 1. The van der Waals surface area contributed by atoms with Crippen molar-refractivity contribution in [3.63, 3.8) is 0 Å². The van der Waals surface area contributed by atoms with Gasteiger partial charge in [-0.3, -0.25) is 0 Å². The molecule has 0 fully saturated rings. The standard InChI is InChI=1S/C13H10ClNOS/c14-11-3-1-9(2-4-11)12-7-13(16-15-12)10-5-6-17-8-10/h1-6,8,13H,7H2. The van der Waals surface area contributed by atoms with Crippen LogP contribution in [-0.2, 0) is 4.84 Å². The Morgan fingerprint density at radius 2 is 2.06 bits per heavy atom. The molecule has 0 saturated heterocycles. The van der Waals surface area contributed by atoms with Crippen molar-refractivity contribution in [2.75, 3.05) is 0 Å². The van der Waals surface area contributed by atoms with Gasteiger partial charge in [0.05, 0.1) is 5.71 Å². The van der Waals surface area contributed by atoms with Crippen LogP contribution in [0.2, 0.25) is 5.02 Å². The molecule has 1 aliphatic rings. The summed E-state index contributed by atoms with van der Waals surface area (Å²) < 4.78 is 0. The Balaban J connectivity index is 1.77. The van der Waals surface area contributed by atoms with E-state index in [4.69, 9.17) is 16.4 Å². The van der Waals surface area contributed by atoms with Gasteiger partial charge in [-0.15, -0.1) is 0 Å². The minimum Gasteiger partial charge on any atom is -0.387 e. The number of hydrogen-bond acceptors (Lipinski definition) is 3. The molecular weight excluding hydrogens is 254 g/mol. The first-order valence-corrected chi connectivity index (χ1v) is 6.66. The summed E-state index contributed by atoms with van der Waals surface area (Å²) in [6.45, 7) is 0. The molecule has 1 atom stereocenters. The van der Waals surface area contributed by atoms with Crippen molar-refractivity contribution in [1.29, 1.82) is 0 Å². The lowest BCUT2D eigenvalue weighted by Gasteiger charge is -2.04. The third-order valence-electron chi connectivity index (χ3n) is 2.76. The molecule has 2 nitrogen and oxygen atoms in total. The maximum atomic E-state index is 5.86. The lowest BCUT2D eigenvalue weighted by Crippen LogP contribution is -2.00. The van der Waals surface area contributed by atoms with Crippen molar-refractivity contribution in [3.05, 3.63) is 57.2 Å². The van der Waals surface area contributed by atoms with Crippen LogP contribution in [0, 0.1) is 0 Å². The summed E-state index contributed by atoms with van der Waals surface area (Å²) in [5.41, 5.74) is 3.26. The average molecular weight is 264 g/mol. The van der Waals surface area contributed by atoms with Gasteiger partial charge in [-0.05, 0) is 34.5 Å². The van der Waals surface area contributed by atoms with E-state index in [9.17, 15) is 0 Å². The Morgan fingerprint density at radius 3 is 2.76 bits per heavy atom. The molecule has 0 bridgehead atoms. The number of hydrogen-bond donors (Lipinski definition) is 0. The van der Waals surface area contributed by atoms with Crippen LogP contribution in [0.5, 0.6) is 0 Å². The molecule has 0 amide bonds. The van der Waals surface area contributed by atoms with Gasteiger partial charge < -0.3 is 4.84 Å². The maximum Gasteiger partial charge on any atom is 0.159 e. The molecule has 3 rings (SSSR count). The summed E-state index contributed by atoms with van der Waals surface area (Å²) >= 11 is 7.54. The van der Waals surface area contributed by atoms with E-state index in [1.54, 1.807) is 11.3 Å². The topological polar surface area (TPSA) is 21.6 Å². The zero-order chi connectivity index (χ0) is 11.7. The molecule has 1 aromatic heterocycles. The number of nitrogens with zero attached hydrogens (tertiary/aromatic N) is 1. The summed E-state index contributed by atoms with van der Waals surface area (Å²) in [6.07, 6.45) is 0.880. The second-order valence-corrected chi connectivity index (χ2v) is 5.12. The molecule has 0 saturated carbocycles. The maximum absolute atomic E-state index is 5.86. The number of thiophene rings is 1.